The van der Waals surface area contributed by atoms with Gasteiger partial charge in [0.1, 0.15) is 11.5 Å². The first kappa shape index (κ1) is 16.6. The van der Waals surface area contributed by atoms with Crippen LogP contribution in [0.3, 0.4) is 0 Å². The number of phenolic OH excluding ortho intramolecular Hbond substituents is 1. The third-order valence-electron chi connectivity index (χ3n) is 3.90. The topological polar surface area (TPSA) is 76.4 Å². The fourth-order valence-corrected chi connectivity index (χ4v) is 2.55. The van der Waals surface area contributed by atoms with Crippen molar-refractivity contribution in [2.75, 3.05) is 7.11 Å². The number of aromatic nitrogens is 2. The molecule has 1 aromatic heterocycles. The third kappa shape index (κ3) is 3.98. The maximum atomic E-state index is 12.3. The Labute approximate surface area is 145 Å². The van der Waals surface area contributed by atoms with Gasteiger partial charge in [-0.2, -0.15) is 5.10 Å². The third-order valence-corrected chi connectivity index (χ3v) is 3.90. The fraction of sp³-hybridized carbons (Fsp3) is 0.158. The van der Waals surface area contributed by atoms with Crippen LogP contribution in [0.2, 0.25) is 0 Å². The van der Waals surface area contributed by atoms with Gasteiger partial charge in [-0.1, -0.05) is 24.3 Å². The van der Waals surface area contributed by atoms with Crippen LogP contribution < -0.4 is 10.1 Å². The van der Waals surface area contributed by atoms with E-state index in [0.29, 0.717) is 18.8 Å². The smallest absolute Gasteiger partial charge is 0.255 e. The maximum Gasteiger partial charge on any atom is 0.255 e. The number of aromatic hydroxyl groups is 1. The van der Waals surface area contributed by atoms with E-state index in [1.165, 1.54) is 13.2 Å². The molecule has 2 N–H and O–H groups in total. The number of rotatable bonds is 6. The summed E-state index contributed by atoms with van der Waals surface area (Å²) in [7, 11) is 1.51. The number of nitrogens with zero attached hydrogens (tertiary/aromatic N) is 2. The average molecular weight is 337 g/mol. The molecule has 1 amide bonds. The van der Waals surface area contributed by atoms with Crippen LogP contribution in [-0.2, 0) is 13.1 Å². The molecule has 6 nitrogen and oxygen atoms in total. The van der Waals surface area contributed by atoms with E-state index in [2.05, 4.69) is 10.4 Å². The van der Waals surface area contributed by atoms with Gasteiger partial charge in [-0.05, 0) is 29.3 Å². The molecule has 2 aromatic carbocycles. The van der Waals surface area contributed by atoms with Crippen LogP contribution in [0, 0.1) is 0 Å². The Hall–Kier alpha value is -3.28. The van der Waals surface area contributed by atoms with Gasteiger partial charge in [0.15, 0.2) is 0 Å². The van der Waals surface area contributed by atoms with Gasteiger partial charge in [-0.3, -0.25) is 9.48 Å². The minimum absolute atomic E-state index is 0.110. The molecule has 128 valence electrons. The van der Waals surface area contributed by atoms with Crippen molar-refractivity contribution in [1.82, 2.24) is 15.1 Å². The highest BCUT2D eigenvalue weighted by Crippen LogP contribution is 2.23. The lowest BCUT2D eigenvalue weighted by Gasteiger charge is -2.12. The number of nitrogens with one attached hydrogen (secondary N) is 1. The second-order valence-corrected chi connectivity index (χ2v) is 5.54. The molecule has 25 heavy (non-hydrogen) atoms. The fourth-order valence-electron chi connectivity index (χ4n) is 2.55. The van der Waals surface area contributed by atoms with E-state index >= 15 is 0 Å². The van der Waals surface area contributed by atoms with Crippen molar-refractivity contribution >= 4 is 5.91 Å². The summed E-state index contributed by atoms with van der Waals surface area (Å²) in [6.45, 7) is 0.995. The number of benzene rings is 2. The minimum atomic E-state index is -0.339. The van der Waals surface area contributed by atoms with Gasteiger partial charge in [-0.25, -0.2) is 0 Å². The molecular weight excluding hydrogens is 318 g/mol. The molecule has 0 aliphatic carbocycles. The Morgan fingerprint density at radius 2 is 2.00 bits per heavy atom. The zero-order valence-corrected chi connectivity index (χ0v) is 13.8. The van der Waals surface area contributed by atoms with E-state index in [1.807, 2.05) is 41.2 Å². The molecule has 0 atom stereocenters. The van der Waals surface area contributed by atoms with Gasteiger partial charge in [0.05, 0.1) is 19.2 Å². The zero-order chi connectivity index (χ0) is 17.6. The quantitative estimate of drug-likeness (QED) is 0.725. The summed E-state index contributed by atoms with van der Waals surface area (Å²) in [6.07, 6.45) is 3.63. The molecule has 0 spiro atoms. The number of hydrogen-bond acceptors (Lipinski definition) is 4. The lowest BCUT2D eigenvalue weighted by atomic mass is 10.1. The predicted octanol–water partition coefficient (Wildman–Crippen LogP) is 2.58. The van der Waals surface area contributed by atoms with Gasteiger partial charge < -0.3 is 15.2 Å². The Kier molecular flexibility index (Phi) is 4.99. The van der Waals surface area contributed by atoms with Crippen molar-refractivity contribution in [2.24, 2.45) is 0 Å². The summed E-state index contributed by atoms with van der Waals surface area (Å²) < 4.78 is 6.85. The summed E-state index contributed by atoms with van der Waals surface area (Å²) in [5.41, 5.74) is 2.29. The van der Waals surface area contributed by atoms with E-state index in [-0.39, 0.29) is 17.2 Å². The number of phenols is 1. The first-order chi connectivity index (χ1) is 12.2. The summed E-state index contributed by atoms with van der Waals surface area (Å²) >= 11 is 0. The van der Waals surface area contributed by atoms with Crippen LogP contribution in [0.15, 0.2) is 60.9 Å². The van der Waals surface area contributed by atoms with Crippen LogP contribution in [-0.4, -0.2) is 27.9 Å². The largest absolute Gasteiger partial charge is 0.507 e. The Morgan fingerprint density at radius 3 is 2.68 bits per heavy atom. The van der Waals surface area contributed by atoms with Gasteiger partial charge >= 0.3 is 0 Å². The van der Waals surface area contributed by atoms with Gasteiger partial charge in [0.25, 0.3) is 5.91 Å². The van der Waals surface area contributed by atoms with Crippen molar-refractivity contribution in [2.45, 2.75) is 13.1 Å². The highest BCUT2D eigenvalue weighted by atomic mass is 16.5. The molecule has 0 fully saturated rings. The Morgan fingerprint density at radius 1 is 1.20 bits per heavy atom. The summed E-state index contributed by atoms with van der Waals surface area (Å²) in [4.78, 5) is 12.3. The summed E-state index contributed by atoms with van der Waals surface area (Å²) in [6, 6.07) is 14.3. The average Bonchev–Trinajstić information content (AvgIpc) is 3.13. The standard InChI is InChI=1S/C19H19N3O3/c1-25-16-7-8-17(18(23)11-16)19(24)20-12-14-5-2-3-6-15(14)13-22-10-4-9-21-22/h2-11,23H,12-13H2,1H3,(H,20,24). The molecule has 3 rings (SSSR count). The van der Waals surface area contributed by atoms with E-state index in [1.54, 1.807) is 18.3 Å². The molecule has 0 bridgehead atoms. The molecule has 0 aliphatic rings. The molecular formula is C19H19N3O3. The first-order valence-corrected chi connectivity index (χ1v) is 7.87. The number of carbonyl (C=O) groups excluding carboxylic acids is 1. The van der Waals surface area contributed by atoms with Gasteiger partial charge in [0.2, 0.25) is 0 Å². The second kappa shape index (κ2) is 7.53. The van der Waals surface area contributed by atoms with Crippen LogP contribution in [0.4, 0.5) is 0 Å². The Bertz CT molecular complexity index is 860. The highest BCUT2D eigenvalue weighted by molar-refractivity contribution is 5.96. The number of amides is 1. The summed E-state index contributed by atoms with van der Waals surface area (Å²) in [5, 5.41) is 17.0. The number of methoxy groups -OCH3 is 1. The molecule has 3 aromatic rings. The van der Waals surface area contributed by atoms with Crippen molar-refractivity contribution in [3.05, 3.63) is 77.6 Å². The van der Waals surface area contributed by atoms with Gasteiger partial charge in [-0.15, -0.1) is 0 Å². The molecule has 0 radical (unpaired) electrons. The van der Waals surface area contributed by atoms with Crippen LogP contribution >= 0.6 is 0 Å². The van der Waals surface area contributed by atoms with Crippen molar-refractivity contribution in [3.8, 4) is 11.5 Å². The SMILES string of the molecule is COc1ccc(C(=O)NCc2ccccc2Cn2cccn2)c(O)c1. The monoisotopic (exact) mass is 337 g/mol. The first-order valence-electron chi connectivity index (χ1n) is 7.87. The van der Waals surface area contributed by atoms with Gasteiger partial charge in [0, 0.05) is 25.0 Å². The number of ether oxygens (including phenoxy) is 1. The zero-order valence-electron chi connectivity index (χ0n) is 13.8. The lowest BCUT2D eigenvalue weighted by molar-refractivity contribution is 0.0948. The number of carbonyl (C=O) groups is 1. The molecule has 6 heteroatoms. The van der Waals surface area contributed by atoms with E-state index in [0.717, 1.165) is 11.1 Å². The van der Waals surface area contributed by atoms with E-state index in [9.17, 15) is 9.90 Å². The van der Waals surface area contributed by atoms with Crippen molar-refractivity contribution < 1.29 is 14.6 Å². The lowest BCUT2D eigenvalue weighted by Crippen LogP contribution is -2.23. The molecule has 0 saturated heterocycles. The second-order valence-electron chi connectivity index (χ2n) is 5.54. The molecule has 1 heterocycles. The minimum Gasteiger partial charge on any atom is -0.507 e. The molecule has 0 unspecified atom stereocenters. The predicted molar refractivity (Wildman–Crippen MR) is 93.6 cm³/mol. The van der Waals surface area contributed by atoms with Crippen LogP contribution in [0.5, 0.6) is 11.5 Å². The number of hydrogen-bond donors (Lipinski definition) is 2. The normalized spacial score (nSPS) is 10.4. The van der Waals surface area contributed by atoms with Crippen molar-refractivity contribution in [1.29, 1.82) is 0 Å². The van der Waals surface area contributed by atoms with E-state index < -0.39 is 0 Å². The Balaban J connectivity index is 1.70. The maximum absolute atomic E-state index is 12.3. The van der Waals surface area contributed by atoms with E-state index in [4.69, 9.17) is 4.74 Å². The summed E-state index contributed by atoms with van der Waals surface area (Å²) in [5.74, 6) is 0.0503. The highest BCUT2D eigenvalue weighted by Gasteiger charge is 2.12. The van der Waals surface area contributed by atoms with Crippen molar-refractivity contribution in [3.63, 3.8) is 0 Å². The van der Waals surface area contributed by atoms with Crippen LogP contribution in [0.1, 0.15) is 21.5 Å². The molecule has 0 saturated carbocycles. The molecule has 0 aliphatic heterocycles. The van der Waals surface area contributed by atoms with Crippen LogP contribution in [0.25, 0.3) is 0 Å².